The molecule has 0 saturated heterocycles. The van der Waals surface area contributed by atoms with Gasteiger partial charge in [-0.25, -0.2) is 0 Å². The molecule has 0 aliphatic rings. The first-order chi connectivity index (χ1) is 2.41. The van der Waals surface area contributed by atoms with E-state index < -0.39 is 0 Å². The second kappa shape index (κ2) is 15.7. The van der Waals surface area contributed by atoms with Crippen LogP contribution in [0.5, 0.6) is 0 Å². The van der Waals surface area contributed by atoms with Crippen molar-refractivity contribution in [3.8, 4) is 0 Å². The summed E-state index contributed by atoms with van der Waals surface area (Å²) >= 11 is 0. The van der Waals surface area contributed by atoms with Gasteiger partial charge in [-0.1, -0.05) is 13.8 Å². The fourth-order valence-electron chi connectivity index (χ4n) is 0.224. The molecule has 2 heteroatoms. The summed E-state index contributed by atoms with van der Waals surface area (Å²) in [4.78, 5) is 0. The van der Waals surface area contributed by atoms with Gasteiger partial charge in [-0.3, -0.25) is 0 Å². The molecular weight excluding hydrogens is 163 g/mol. The van der Waals surface area contributed by atoms with Gasteiger partial charge in [-0.15, -0.1) is 0 Å². The van der Waals surface area contributed by atoms with Gasteiger partial charge < -0.3 is 12.7 Å². The van der Waals surface area contributed by atoms with Gasteiger partial charge in [0.25, 0.3) is 0 Å². The Bertz CT molecular complexity index is 15.6. The van der Waals surface area contributed by atoms with Gasteiger partial charge in [-0.2, -0.15) is 13.1 Å². The Morgan fingerprint density at radius 3 is 1.43 bits per heavy atom. The molecule has 0 rings (SSSR count). The standard InChI is InChI=1S/C4H10N.CH3.Y/c1-3-5-4-2;;/h3-4H2,1-2H3;1H3;/q2*-1;. The van der Waals surface area contributed by atoms with Gasteiger partial charge >= 0.3 is 0 Å². The minimum absolute atomic E-state index is 0. The molecule has 1 radical (unpaired) electrons. The SMILES string of the molecule is CC[N-]CC.[CH3-].[Y]. The first-order valence-electron chi connectivity index (χ1n) is 2.05. The van der Waals surface area contributed by atoms with E-state index in [1.807, 2.05) is 13.8 Å². The average Bonchev–Trinajstić information content (AvgIpc) is 1.41. The van der Waals surface area contributed by atoms with Crippen LogP contribution in [0, 0.1) is 7.43 Å². The summed E-state index contributed by atoms with van der Waals surface area (Å²) in [5, 5.41) is 3.97. The quantitative estimate of drug-likeness (QED) is 0.570. The van der Waals surface area contributed by atoms with Gasteiger partial charge in [0.05, 0.1) is 0 Å². The van der Waals surface area contributed by atoms with E-state index in [4.69, 9.17) is 0 Å². The van der Waals surface area contributed by atoms with E-state index in [0.717, 1.165) is 13.1 Å². The van der Waals surface area contributed by atoms with Crippen molar-refractivity contribution in [2.75, 3.05) is 13.1 Å². The maximum absolute atomic E-state index is 3.97. The molecule has 0 aromatic carbocycles. The third-order valence-electron chi connectivity index (χ3n) is 0.447. The van der Waals surface area contributed by atoms with Crippen LogP contribution in [0.1, 0.15) is 13.8 Å². The topological polar surface area (TPSA) is 14.1 Å². The molecule has 0 amide bonds. The first kappa shape index (κ1) is 15.7. The summed E-state index contributed by atoms with van der Waals surface area (Å²) in [6, 6.07) is 0. The summed E-state index contributed by atoms with van der Waals surface area (Å²) < 4.78 is 0. The molecule has 0 atom stereocenters. The van der Waals surface area contributed by atoms with Crippen molar-refractivity contribution in [3.63, 3.8) is 0 Å². The van der Waals surface area contributed by atoms with Crippen molar-refractivity contribution < 1.29 is 32.7 Å². The van der Waals surface area contributed by atoms with Crippen LogP contribution in [-0.2, 0) is 32.7 Å². The predicted molar refractivity (Wildman–Crippen MR) is 30.9 cm³/mol. The maximum Gasteiger partial charge on any atom is 0 e. The van der Waals surface area contributed by atoms with Gasteiger partial charge in [0.1, 0.15) is 0 Å². The summed E-state index contributed by atoms with van der Waals surface area (Å²) in [5.41, 5.74) is 0. The smallest absolute Gasteiger partial charge is 0 e. The summed E-state index contributed by atoms with van der Waals surface area (Å²) in [6.07, 6.45) is 0. The number of rotatable bonds is 2. The minimum atomic E-state index is 0. The van der Waals surface area contributed by atoms with E-state index >= 15 is 0 Å². The largest absolute Gasteiger partial charge is 0.663 e. The fraction of sp³-hybridized carbons (Fsp3) is 0.800. The summed E-state index contributed by atoms with van der Waals surface area (Å²) in [7, 11) is 0. The molecule has 0 aliphatic heterocycles. The molecule has 0 aromatic rings. The number of hydrogen-bond acceptors (Lipinski definition) is 0. The molecule has 1 nitrogen and oxygen atoms in total. The minimum Gasteiger partial charge on any atom is -0.663 e. The molecule has 0 heterocycles. The molecule has 0 saturated carbocycles. The van der Waals surface area contributed by atoms with Crippen molar-refractivity contribution in [1.82, 2.24) is 0 Å². The van der Waals surface area contributed by atoms with Crippen molar-refractivity contribution in [1.29, 1.82) is 0 Å². The molecular formula is C5H13NY-2. The van der Waals surface area contributed by atoms with Gasteiger partial charge in [0, 0.05) is 32.7 Å². The third kappa shape index (κ3) is 19.3. The van der Waals surface area contributed by atoms with E-state index in [0.29, 0.717) is 0 Å². The Morgan fingerprint density at radius 1 is 1.14 bits per heavy atom. The molecule has 7 heavy (non-hydrogen) atoms. The zero-order chi connectivity index (χ0) is 4.12. The number of nitrogens with zero attached hydrogens (tertiary/aromatic N) is 1. The Hall–Kier alpha value is 1.06. The predicted octanol–water partition coefficient (Wildman–Crippen LogP) is 1.85. The second-order valence-electron chi connectivity index (χ2n) is 0.856. The van der Waals surface area contributed by atoms with Crippen LogP contribution in [0.15, 0.2) is 0 Å². The average molecular weight is 176 g/mol. The molecule has 0 bridgehead atoms. The van der Waals surface area contributed by atoms with Crippen LogP contribution in [0.2, 0.25) is 0 Å². The van der Waals surface area contributed by atoms with E-state index in [-0.39, 0.29) is 40.1 Å². The molecule has 0 spiro atoms. The van der Waals surface area contributed by atoms with Crippen LogP contribution in [0.3, 0.4) is 0 Å². The summed E-state index contributed by atoms with van der Waals surface area (Å²) in [6.45, 7) is 6.03. The molecule has 0 unspecified atom stereocenters. The van der Waals surface area contributed by atoms with Gasteiger partial charge in [0.15, 0.2) is 0 Å². The van der Waals surface area contributed by atoms with E-state index in [1.54, 1.807) is 0 Å². The van der Waals surface area contributed by atoms with Crippen molar-refractivity contribution in [3.05, 3.63) is 12.7 Å². The van der Waals surface area contributed by atoms with Crippen LogP contribution in [0.4, 0.5) is 0 Å². The van der Waals surface area contributed by atoms with Crippen LogP contribution in [-0.4, -0.2) is 13.1 Å². The van der Waals surface area contributed by atoms with Crippen molar-refractivity contribution in [2.24, 2.45) is 0 Å². The molecule has 0 N–H and O–H groups in total. The second-order valence-corrected chi connectivity index (χ2v) is 0.856. The zero-order valence-corrected chi connectivity index (χ0v) is 8.28. The molecule has 0 fully saturated rings. The number of hydrogen-bond donors (Lipinski definition) is 0. The third-order valence-corrected chi connectivity index (χ3v) is 0.447. The van der Waals surface area contributed by atoms with Crippen LogP contribution in [0.25, 0.3) is 5.32 Å². The van der Waals surface area contributed by atoms with Crippen LogP contribution >= 0.6 is 0 Å². The Balaban J connectivity index is -0.0000000800. The zero-order valence-electron chi connectivity index (χ0n) is 5.44. The van der Waals surface area contributed by atoms with Gasteiger partial charge in [-0.05, 0) is 0 Å². The Kier molecular flexibility index (Phi) is 35.3. The van der Waals surface area contributed by atoms with Crippen molar-refractivity contribution in [2.45, 2.75) is 13.8 Å². The first-order valence-corrected chi connectivity index (χ1v) is 2.05. The Morgan fingerprint density at radius 2 is 1.43 bits per heavy atom. The normalized spacial score (nSPS) is 6.00. The van der Waals surface area contributed by atoms with E-state index in [9.17, 15) is 0 Å². The van der Waals surface area contributed by atoms with E-state index in [2.05, 4.69) is 5.32 Å². The molecule has 0 aromatic heterocycles. The van der Waals surface area contributed by atoms with Gasteiger partial charge in [0.2, 0.25) is 0 Å². The maximum atomic E-state index is 3.97. The molecule has 0 aliphatic carbocycles. The van der Waals surface area contributed by atoms with Crippen molar-refractivity contribution >= 4 is 0 Å². The van der Waals surface area contributed by atoms with E-state index in [1.165, 1.54) is 0 Å². The summed E-state index contributed by atoms with van der Waals surface area (Å²) in [5.74, 6) is 0. The molecule has 43 valence electrons. The Labute approximate surface area is 72.1 Å². The van der Waals surface area contributed by atoms with Crippen LogP contribution < -0.4 is 0 Å². The fourth-order valence-corrected chi connectivity index (χ4v) is 0.224. The monoisotopic (exact) mass is 176 g/mol.